The summed E-state index contributed by atoms with van der Waals surface area (Å²) in [6.07, 6.45) is -0.938. The third kappa shape index (κ3) is 5.55. The van der Waals surface area contributed by atoms with Crippen LogP contribution in [0.15, 0.2) is 24.3 Å². The maximum atomic E-state index is 14.2. The quantitative estimate of drug-likeness (QED) is 0.528. The Bertz CT molecular complexity index is 1100. The molecule has 9 heteroatoms. The van der Waals surface area contributed by atoms with Crippen molar-refractivity contribution in [3.63, 3.8) is 0 Å². The zero-order valence-electron chi connectivity index (χ0n) is 19.6. The molecular formula is C26H30F3NO5. The summed E-state index contributed by atoms with van der Waals surface area (Å²) in [6.45, 7) is 3.31. The number of ether oxygens (including phenoxy) is 1. The maximum Gasteiger partial charge on any atom is 0.420 e. The van der Waals surface area contributed by atoms with E-state index in [2.05, 4.69) is 6.92 Å². The third-order valence-electron chi connectivity index (χ3n) is 7.33. The Morgan fingerprint density at radius 2 is 1.60 bits per heavy atom. The summed E-state index contributed by atoms with van der Waals surface area (Å²) in [5.41, 5.74) is -0.696. The van der Waals surface area contributed by atoms with E-state index >= 15 is 0 Å². The first-order valence-electron chi connectivity index (χ1n) is 12.1. The number of piperidine rings is 1. The van der Waals surface area contributed by atoms with Crippen molar-refractivity contribution < 1.29 is 37.7 Å². The standard InChI is InChI=1S/C26H30F3NO5/c1-15-2-5-18(6-3-15)35-21-9-8-19-20(23(21)26(27,28)29)7-4-17(22(19)25(33)34)14-30-12-10-16(11-13-30)24(31)32/h4,7-9,15-16,18H,2-3,5-6,10-14H2,1H3,(H,31,32)(H,33,34). The fourth-order valence-electron chi connectivity index (χ4n) is 5.31. The van der Waals surface area contributed by atoms with Crippen LogP contribution >= 0.6 is 0 Å². The van der Waals surface area contributed by atoms with E-state index in [0.29, 0.717) is 50.3 Å². The van der Waals surface area contributed by atoms with Crippen molar-refractivity contribution in [3.8, 4) is 5.75 Å². The van der Waals surface area contributed by atoms with Crippen LogP contribution in [-0.4, -0.2) is 46.2 Å². The first-order chi connectivity index (χ1) is 16.5. The molecule has 2 aromatic rings. The molecule has 1 saturated heterocycles. The molecule has 1 aliphatic carbocycles. The highest BCUT2D eigenvalue weighted by atomic mass is 19.4. The van der Waals surface area contributed by atoms with E-state index in [4.69, 9.17) is 4.74 Å². The molecule has 1 saturated carbocycles. The molecule has 35 heavy (non-hydrogen) atoms. The van der Waals surface area contributed by atoms with Gasteiger partial charge in [-0.1, -0.05) is 19.1 Å². The second kappa shape index (κ2) is 10.0. The van der Waals surface area contributed by atoms with Crippen LogP contribution in [0.1, 0.15) is 66.9 Å². The van der Waals surface area contributed by atoms with Gasteiger partial charge in [0.1, 0.15) is 11.3 Å². The van der Waals surface area contributed by atoms with Gasteiger partial charge in [0.05, 0.1) is 17.6 Å². The summed E-state index contributed by atoms with van der Waals surface area (Å²) in [4.78, 5) is 25.3. The largest absolute Gasteiger partial charge is 0.490 e. The number of aliphatic carboxylic acids is 1. The number of hydrogen-bond acceptors (Lipinski definition) is 4. The Kier molecular flexibility index (Phi) is 7.26. The normalized spacial score (nSPS) is 22.3. The predicted molar refractivity (Wildman–Crippen MR) is 124 cm³/mol. The zero-order valence-corrected chi connectivity index (χ0v) is 19.6. The number of carbonyl (C=O) groups is 2. The molecule has 0 spiro atoms. The minimum absolute atomic E-state index is 0.0207. The molecule has 0 unspecified atom stereocenters. The first kappa shape index (κ1) is 25.3. The number of halogens is 3. The second-order valence-corrected chi connectivity index (χ2v) is 9.82. The van der Waals surface area contributed by atoms with Gasteiger partial charge in [0.2, 0.25) is 0 Å². The lowest BCUT2D eigenvalue weighted by molar-refractivity contribution is -0.143. The fourth-order valence-corrected chi connectivity index (χ4v) is 5.31. The van der Waals surface area contributed by atoms with Gasteiger partial charge in [-0.3, -0.25) is 9.69 Å². The lowest BCUT2D eigenvalue weighted by atomic mass is 9.89. The van der Waals surface area contributed by atoms with Gasteiger partial charge < -0.3 is 14.9 Å². The highest BCUT2D eigenvalue weighted by Gasteiger charge is 2.38. The molecule has 0 amide bonds. The van der Waals surface area contributed by atoms with Crippen LogP contribution in [0.25, 0.3) is 10.8 Å². The summed E-state index contributed by atoms with van der Waals surface area (Å²) in [5.74, 6) is -2.30. The average Bonchev–Trinajstić information content (AvgIpc) is 2.79. The molecule has 6 nitrogen and oxygen atoms in total. The molecule has 0 radical (unpaired) electrons. The van der Waals surface area contributed by atoms with Gasteiger partial charge in [0.25, 0.3) is 0 Å². The van der Waals surface area contributed by atoms with Crippen LogP contribution in [0.4, 0.5) is 13.2 Å². The molecule has 2 fully saturated rings. The average molecular weight is 494 g/mol. The number of carboxylic acid groups (broad SMARTS) is 2. The molecule has 1 heterocycles. The van der Waals surface area contributed by atoms with Crippen molar-refractivity contribution in [2.24, 2.45) is 11.8 Å². The number of hydrogen-bond donors (Lipinski definition) is 2. The van der Waals surface area contributed by atoms with Crippen LogP contribution in [0.2, 0.25) is 0 Å². The van der Waals surface area contributed by atoms with E-state index in [9.17, 15) is 33.0 Å². The molecule has 4 rings (SSSR count). The Labute approximate surface area is 201 Å². The van der Waals surface area contributed by atoms with E-state index in [-0.39, 0.29) is 34.7 Å². The van der Waals surface area contributed by atoms with Crippen LogP contribution in [0.3, 0.4) is 0 Å². The fraction of sp³-hybridized carbons (Fsp3) is 0.538. The Morgan fingerprint density at radius 3 is 2.17 bits per heavy atom. The number of carboxylic acids is 2. The SMILES string of the molecule is CC1CCC(Oc2ccc3c(C(=O)O)c(CN4CCC(C(=O)O)CC4)ccc3c2C(F)(F)F)CC1. The van der Waals surface area contributed by atoms with Crippen molar-refractivity contribution in [2.45, 2.75) is 64.3 Å². The minimum atomic E-state index is -4.72. The summed E-state index contributed by atoms with van der Waals surface area (Å²) in [7, 11) is 0. The molecule has 0 bridgehead atoms. The molecule has 0 aromatic heterocycles. The highest BCUT2D eigenvalue weighted by Crippen LogP contribution is 2.44. The van der Waals surface area contributed by atoms with E-state index in [1.807, 2.05) is 4.90 Å². The predicted octanol–water partition coefficient (Wildman–Crippen LogP) is 5.81. The number of nitrogens with zero attached hydrogens (tertiary/aromatic N) is 1. The minimum Gasteiger partial charge on any atom is -0.490 e. The lowest BCUT2D eigenvalue weighted by Gasteiger charge is -2.30. The molecule has 2 aliphatic rings. The van der Waals surface area contributed by atoms with Gasteiger partial charge in [0, 0.05) is 6.54 Å². The number of likely N-dealkylation sites (tertiary alicyclic amines) is 1. The van der Waals surface area contributed by atoms with Gasteiger partial charge >= 0.3 is 18.1 Å². The number of benzene rings is 2. The van der Waals surface area contributed by atoms with E-state index < -0.39 is 29.6 Å². The summed E-state index contributed by atoms with van der Waals surface area (Å²) >= 11 is 0. The Morgan fingerprint density at radius 1 is 0.971 bits per heavy atom. The lowest BCUT2D eigenvalue weighted by Crippen LogP contribution is -2.36. The number of rotatable bonds is 6. The Balaban J connectivity index is 1.68. The third-order valence-corrected chi connectivity index (χ3v) is 7.33. The zero-order chi connectivity index (χ0) is 25.3. The summed E-state index contributed by atoms with van der Waals surface area (Å²) in [6, 6.07) is 5.43. The molecule has 0 atom stereocenters. The molecule has 2 N–H and O–H groups in total. The van der Waals surface area contributed by atoms with Crippen molar-refractivity contribution >= 4 is 22.7 Å². The van der Waals surface area contributed by atoms with E-state index in [1.165, 1.54) is 24.3 Å². The van der Waals surface area contributed by atoms with Crippen molar-refractivity contribution in [3.05, 3.63) is 41.0 Å². The van der Waals surface area contributed by atoms with Crippen LogP contribution in [0.5, 0.6) is 5.75 Å². The van der Waals surface area contributed by atoms with Gasteiger partial charge in [0.15, 0.2) is 0 Å². The molecule has 1 aliphatic heterocycles. The topological polar surface area (TPSA) is 87.1 Å². The van der Waals surface area contributed by atoms with Crippen LogP contribution in [-0.2, 0) is 17.5 Å². The molecule has 190 valence electrons. The van der Waals surface area contributed by atoms with E-state index in [0.717, 1.165) is 12.8 Å². The van der Waals surface area contributed by atoms with Gasteiger partial charge in [-0.05, 0) is 86.0 Å². The first-order valence-corrected chi connectivity index (χ1v) is 12.1. The number of alkyl halides is 3. The Hall–Kier alpha value is -2.81. The van der Waals surface area contributed by atoms with Crippen LogP contribution < -0.4 is 4.74 Å². The van der Waals surface area contributed by atoms with E-state index in [1.54, 1.807) is 0 Å². The van der Waals surface area contributed by atoms with Gasteiger partial charge in [-0.15, -0.1) is 0 Å². The number of fused-ring (bicyclic) bond motifs is 1. The highest BCUT2D eigenvalue weighted by molar-refractivity contribution is 6.06. The second-order valence-electron chi connectivity index (χ2n) is 9.82. The van der Waals surface area contributed by atoms with Crippen molar-refractivity contribution in [1.29, 1.82) is 0 Å². The van der Waals surface area contributed by atoms with Gasteiger partial charge in [-0.25, -0.2) is 4.79 Å². The summed E-state index contributed by atoms with van der Waals surface area (Å²) < 4.78 is 48.5. The summed E-state index contributed by atoms with van der Waals surface area (Å²) in [5, 5.41) is 19.0. The van der Waals surface area contributed by atoms with Crippen molar-refractivity contribution in [1.82, 2.24) is 4.90 Å². The molecule has 2 aromatic carbocycles. The van der Waals surface area contributed by atoms with Crippen LogP contribution in [0, 0.1) is 11.8 Å². The van der Waals surface area contributed by atoms with Gasteiger partial charge in [-0.2, -0.15) is 13.2 Å². The van der Waals surface area contributed by atoms with Crippen molar-refractivity contribution in [2.75, 3.05) is 13.1 Å². The smallest absolute Gasteiger partial charge is 0.420 e. The monoisotopic (exact) mass is 493 g/mol. The number of aromatic carboxylic acids is 1. The molecular weight excluding hydrogens is 463 g/mol. The maximum absolute atomic E-state index is 14.2.